The second kappa shape index (κ2) is 10.2. The van der Waals surface area contributed by atoms with Crippen LogP contribution < -0.4 is 9.47 Å². The summed E-state index contributed by atoms with van der Waals surface area (Å²) < 4.78 is 54.3. The van der Waals surface area contributed by atoms with Crippen molar-refractivity contribution in [3.8, 4) is 17.6 Å². The van der Waals surface area contributed by atoms with E-state index in [1.807, 2.05) is 6.07 Å². The summed E-state index contributed by atoms with van der Waals surface area (Å²) in [6.07, 6.45) is -1.17. The highest BCUT2D eigenvalue weighted by Crippen LogP contribution is 2.28. The zero-order valence-corrected chi connectivity index (χ0v) is 18.2. The van der Waals surface area contributed by atoms with Crippen molar-refractivity contribution in [1.82, 2.24) is 4.90 Å². The lowest BCUT2D eigenvalue weighted by Crippen LogP contribution is -2.33. The molecule has 0 unspecified atom stereocenters. The van der Waals surface area contributed by atoms with E-state index in [0.29, 0.717) is 12.1 Å². The molecule has 0 spiro atoms. The minimum Gasteiger partial charge on any atom is -0.486 e. The summed E-state index contributed by atoms with van der Waals surface area (Å²) in [5.41, 5.74) is 0.733. The zero-order chi connectivity index (χ0) is 24.9. The minimum absolute atomic E-state index is 0.125. The van der Waals surface area contributed by atoms with E-state index in [-0.39, 0.29) is 53.8 Å². The topological polar surface area (TPSA) is 95.2 Å². The van der Waals surface area contributed by atoms with Crippen LogP contribution >= 0.6 is 0 Å². The number of aliphatic imine (C=N–C) groups is 1. The molecule has 178 valence electrons. The second-order valence-corrected chi connectivity index (χ2v) is 7.51. The summed E-state index contributed by atoms with van der Waals surface area (Å²) in [6, 6.07) is 13.9. The van der Waals surface area contributed by atoms with Gasteiger partial charge in [-0.15, -0.1) is 0 Å². The molecule has 10 heteroatoms. The lowest BCUT2D eigenvalue weighted by atomic mass is 10.1. The monoisotopic (exact) mass is 481 g/mol. The molecule has 1 aliphatic rings. The molecule has 0 atom stereocenters. The Morgan fingerprint density at radius 2 is 1.63 bits per heavy atom. The van der Waals surface area contributed by atoms with Gasteiger partial charge >= 0.3 is 6.09 Å². The Morgan fingerprint density at radius 3 is 2.20 bits per heavy atom. The quantitative estimate of drug-likeness (QED) is 0.519. The summed E-state index contributed by atoms with van der Waals surface area (Å²) in [7, 11) is 0. The molecule has 7 nitrogen and oxygen atoms in total. The lowest BCUT2D eigenvalue weighted by molar-refractivity contribution is 0.172. The highest BCUT2D eigenvalue weighted by Gasteiger charge is 2.25. The van der Waals surface area contributed by atoms with E-state index in [0.717, 1.165) is 17.0 Å². The maximum Gasteiger partial charge on any atom is 0.413 e. The number of amidine groups is 1. The van der Waals surface area contributed by atoms with Crippen LogP contribution in [-0.4, -0.2) is 35.0 Å². The number of rotatable bonds is 7. The van der Waals surface area contributed by atoms with Crippen molar-refractivity contribution < 1.29 is 32.5 Å². The van der Waals surface area contributed by atoms with Crippen LogP contribution in [0.15, 0.2) is 59.6 Å². The van der Waals surface area contributed by atoms with Crippen molar-refractivity contribution in [1.29, 1.82) is 5.26 Å². The van der Waals surface area contributed by atoms with Gasteiger partial charge in [-0.25, -0.2) is 13.6 Å². The molecule has 4 rings (SSSR count). The van der Waals surface area contributed by atoms with Crippen LogP contribution in [0.2, 0.25) is 0 Å². The van der Waals surface area contributed by atoms with Crippen molar-refractivity contribution in [3.05, 3.63) is 94.3 Å². The molecule has 0 saturated carbocycles. The zero-order valence-electron chi connectivity index (χ0n) is 18.2. The predicted molar refractivity (Wildman–Crippen MR) is 119 cm³/mol. The molecule has 1 amide bonds. The van der Waals surface area contributed by atoms with Crippen molar-refractivity contribution in [2.75, 3.05) is 13.1 Å². The normalized spacial score (nSPS) is 12.7. The Bertz CT molecular complexity index is 1350. The average Bonchev–Trinajstić information content (AvgIpc) is 3.34. The van der Waals surface area contributed by atoms with E-state index < -0.39 is 23.5 Å². The van der Waals surface area contributed by atoms with E-state index in [4.69, 9.17) is 14.7 Å². The van der Waals surface area contributed by atoms with Gasteiger partial charge in [0.25, 0.3) is 0 Å². The number of halogens is 3. The Morgan fingerprint density at radius 1 is 1.00 bits per heavy atom. The third-order valence-electron chi connectivity index (χ3n) is 5.26. The summed E-state index contributed by atoms with van der Waals surface area (Å²) >= 11 is 0. The van der Waals surface area contributed by atoms with Crippen molar-refractivity contribution in [3.63, 3.8) is 0 Å². The summed E-state index contributed by atoms with van der Waals surface area (Å²) in [6.45, 7) is -0.0760. The molecule has 0 aliphatic carbocycles. The number of benzene rings is 3. The van der Waals surface area contributed by atoms with Crippen LogP contribution in [0.4, 0.5) is 18.0 Å². The summed E-state index contributed by atoms with van der Waals surface area (Å²) in [5.74, 6) is -2.36. The van der Waals surface area contributed by atoms with Crippen LogP contribution in [0.25, 0.3) is 0 Å². The molecule has 0 radical (unpaired) electrons. The first-order chi connectivity index (χ1) is 16.9. The fraction of sp³-hybridized carbons (Fsp3) is 0.160. The maximum absolute atomic E-state index is 14.8. The van der Waals surface area contributed by atoms with Gasteiger partial charge < -0.3 is 14.6 Å². The van der Waals surface area contributed by atoms with Gasteiger partial charge in [0.05, 0.1) is 24.7 Å². The van der Waals surface area contributed by atoms with E-state index in [9.17, 15) is 23.1 Å². The highest BCUT2D eigenvalue weighted by molar-refractivity contribution is 6.07. The lowest BCUT2D eigenvalue weighted by Gasteiger charge is -2.15. The molecule has 0 bridgehead atoms. The van der Waals surface area contributed by atoms with Gasteiger partial charge in [0.2, 0.25) is 5.82 Å². The molecule has 1 N–H and O–H groups in total. The fourth-order valence-corrected chi connectivity index (χ4v) is 3.44. The fourth-order valence-electron chi connectivity index (χ4n) is 3.44. The van der Waals surface area contributed by atoms with Crippen molar-refractivity contribution in [2.24, 2.45) is 4.99 Å². The molecule has 3 aromatic carbocycles. The number of carboxylic acid groups (broad SMARTS) is 1. The third kappa shape index (κ3) is 5.19. The second-order valence-electron chi connectivity index (χ2n) is 7.51. The SMILES string of the molecule is N#Cc1ccc(COc2cccc(OCc3ccc(C4=NCCN4C(=O)O)cc3F)c2F)c(F)c1. The molecular formula is C25H18F3N3O4. The van der Waals surface area contributed by atoms with E-state index in [2.05, 4.69) is 4.99 Å². The van der Waals surface area contributed by atoms with Gasteiger partial charge in [-0.2, -0.15) is 9.65 Å². The van der Waals surface area contributed by atoms with Gasteiger partial charge in [0, 0.05) is 16.7 Å². The van der Waals surface area contributed by atoms with Crippen molar-refractivity contribution >= 4 is 11.9 Å². The first-order valence-corrected chi connectivity index (χ1v) is 10.4. The van der Waals surface area contributed by atoms with Gasteiger partial charge in [-0.3, -0.25) is 9.89 Å². The van der Waals surface area contributed by atoms with E-state index in [1.54, 1.807) is 0 Å². The molecule has 35 heavy (non-hydrogen) atoms. The van der Waals surface area contributed by atoms with Crippen molar-refractivity contribution in [2.45, 2.75) is 13.2 Å². The number of ether oxygens (including phenoxy) is 2. The van der Waals surface area contributed by atoms with Crippen LogP contribution in [0.5, 0.6) is 11.5 Å². The van der Waals surface area contributed by atoms with E-state index in [1.165, 1.54) is 42.5 Å². The maximum atomic E-state index is 14.8. The number of amides is 1. The van der Waals surface area contributed by atoms with Crippen LogP contribution in [-0.2, 0) is 13.2 Å². The third-order valence-corrected chi connectivity index (χ3v) is 5.26. The van der Waals surface area contributed by atoms with E-state index >= 15 is 0 Å². The largest absolute Gasteiger partial charge is 0.486 e. The molecule has 0 fully saturated rings. The molecule has 1 aliphatic heterocycles. The number of hydrogen-bond acceptors (Lipinski definition) is 5. The molecule has 0 saturated heterocycles. The molecular weight excluding hydrogens is 463 g/mol. The minimum atomic E-state index is -1.17. The van der Waals surface area contributed by atoms with Gasteiger partial charge in [-0.05, 0) is 30.3 Å². The van der Waals surface area contributed by atoms with Gasteiger partial charge in [-0.1, -0.05) is 24.3 Å². The molecule has 1 heterocycles. The highest BCUT2D eigenvalue weighted by atomic mass is 19.1. The van der Waals surface area contributed by atoms with Crippen LogP contribution in [0, 0.1) is 28.8 Å². The Kier molecular flexibility index (Phi) is 6.87. The smallest absolute Gasteiger partial charge is 0.413 e. The van der Waals surface area contributed by atoms with Crippen LogP contribution in [0.3, 0.4) is 0 Å². The molecule has 0 aromatic heterocycles. The summed E-state index contributed by atoms with van der Waals surface area (Å²) in [5, 5.41) is 18.0. The number of nitriles is 1. The molecule has 3 aromatic rings. The van der Waals surface area contributed by atoms with Crippen LogP contribution in [0.1, 0.15) is 22.3 Å². The average molecular weight is 481 g/mol. The first-order valence-electron chi connectivity index (χ1n) is 10.4. The predicted octanol–water partition coefficient (Wildman–Crippen LogP) is 4.87. The number of nitrogens with zero attached hydrogens (tertiary/aromatic N) is 3. The Balaban J connectivity index is 1.43. The standard InChI is InChI=1S/C25H18F3N3O4/c26-19-10-15(12-29)4-5-17(19)13-34-21-2-1-3-22(23(21)28)35-14-18-7-6-16(11-20(18)27)24-30-8-9-31(24)25(32)33/h1-7,10-11H,8-9,13-14H2,(H,32,33). The first kappa shape index (κ1) is 23.6. The Labute approximate surface area is 198 Å². The van der Waals surface area contributed by atoms with Gasteiger partial charge in [0.15, 0.2) is 11.5 Å². The van der Waals surface area contributed by atoms with Gasteiger partial charge in [0.1, 0.15) is 30.7 Å². The Hall–Kier alpha value is -4.52. The summed E-state index contributed by atoms with van der Waals surface area (Å²) in [4.78, 5) is 16.4. The number of hydrogen-bond donors (Lipinski definition) is 1. The number of carbonyl (C=O) groups is 1.